The van der Waals surface area contributed by atoms with Crippen LogP contribution in [0.15, 0.2) is 27.6 Å². The van der Waals surface area contributed by atoms with Crippen molar-refractivity contribution in [1.82, 2.24) is 9.78 Å². The highest BCUT2D eigenvalue weighted by Gasteiger charge is 2.21. The lowest BCUT2D eigenvalue weighted by Gasteiger charge is -2.25. The lowest BCUT2D eigenvalue weighted by molar-refractivity contribution is 0.262. The molecule has 1 saturated carbocycles. The molecule has 3 rings (SSSR count). The molecule has 102 valence electrons. The summed E-state index contributed by atoms with van der Waals surface area (Å²) in [5.74, 6) is 0.632. The number of halogens is 1. The fourth-order valence-electron chi connectivity index (χ4n) is 2.59. The van der Waals surface area contributed by atoms with Gasteiger partial charge in [-0.15, -0.1) is 0 Å². The average molecular weight is 324 g/mol. The molecule has 4 nitrogen and oxygen atoms in total. The maximum absolute atomic E-state index is 12.4. The van der Waals surface area contributed by atoms with Crippen LogP contribution >= 0.6 is 15.9 Å². The molecule has 0 atom stereocenters. The topological polar surface area (TPSA) is 46.9 Å². The summed E-state index contributed by atoms with van der Waals surface area (Å²) < 4.78 is 2.37. The molecular weight excluding hydrogens is 306 g/mol. The maximum atomic E-state index is 12.4. The van der Waals surface area contributed by atoms with Crippen LogP contribution in [0.2, 0.25) is 0 Å². The van der Waals surface area contributed by atoms with Gasteiger partial charge in [-0.2, -0.15) is 5.10 Å². The van der Waals surface area contributed by atoms with Crippen LogP contribution in [0.3, 0.4) is 0 Å². The molecule has 0 spiro atoms. The van der Waals surface area contributed by atoms with E-state index in [9.17, 15) is 4.79 Å². The Hall–Kier alpha value is -1.10. The van der Waals surface area contributed by atoms with Gasteiger partial charge in [-0.1, -0.05) is 18.6 Å². The second kappa shape index (κ2) is 5.49. The van der Waals surface area contributed by atoms with Crippen molar-refractivity contribution >= 4 is 21.6 Å². The molecule has 0 radical (unpaired) electrons. The fourth-order valence-corrected chi connectivity index (χ4v) is 2.96. The number of nitrogens with one attached hydrogen (secondary N) is 1. The molecule has 0 aromatic carbocycles. The molecule has 1 heterocycles. The van der Waals surface area contributed by atoms with Crippen LogP contribution in [-0.4, -0.2) is 15.8 Å². The molecule has 0 unspecified atom stereocenters. The van der Waals surface area contributed by atoms with Crippen molar-refractivity contribution in [3.63, 3.8) is 0 Å². The van der Waals surface area contributed by atoms with Crippen LogP contribution < -0.4 is 10.9 Å². The lowest BCUT2D eigenvalue weighted by atomic mass is 9.85. The predicted octanol–water partition coefficient (Wildman–Crippen LogP) is 2.94. The first-order valence-corrected chi connectivity index (χ1v) is 7.70. The van der Waals surface area contributed by atoms with Gasteiger partial charge in [0.25, 0.3) is 5.56 Å². The van der Waals surface area contributed by atoms with E-state index in [4.69, 9.17) is 0 Å². The van der Waals surface area contributed by atoms with E-state index in [0.29, 0.717) is 17.6 Å². The first-order valence-electron chi connectivity index (χ1n) is 6.91. The molecule has 19 heavy (non-hydrogen) atoms. The van der Waals surface area contributed by atoms with Crippen LogP contribution in [0.1, 0.15) is 32.1 Å². The third kappa shape index (κ3) is 2.76. The lowest BCUT2D eigenvalue weighted by Crippen LogP contribution is -2.32. The highest BCUT2D eigenvalue weighted by atomic mass is 79.9. The van der Waals surface area contributed by atoms with Crippen LogP contribution in [0.4, 0.5) is 5.69 Å². The largest absolute Gasteiger partial charge is 0.376 e. The number of hydrogen-bond acceptors (Lipinski definition) is 3. The quantitative estimate of drug-likeness (QED) is 0.866. The number of anilines is 1. The number of aromatic nitrogens is 2. The van der Waals surface area contributed by atoms with Crippen molar-refractivity contribution in [3.05, 3.63) is 33.2 Å². The van der Waals surface area contributed by atoms with Crippen LogP contribution in [0.25, 0.3) is 0 Å². The summed E-state index contributed by atoms with van der Waals surface area (Å²) in [6.07, 6.45) is 11.7. The molecule has 0 saturated heterocycles. The van der Waals surface area contributed by atoms with Gasteiger partial charge < -0.3 is 5.32 Å². The van der Waals surface area contributed by atoms with Crippen LogP contribution in [-0.2, 0) is 6.54 Å². The molecule has 0 bridgehead atoms. The van der Waals surface area contributed by atoms with Crippen molar-refractivity contribution in [2.75, 3.05) is 5.32 Å². The summed E-state index contributed by atoms with van der Waals surface area (Å²) in [6, 6.07) is 0.337. The molecule has 1 aromatic rings. The van der Waals surface area contributed by atoms with Crippen molar-refractivity contribution in [2.45, 2.75) is 44.7 Å². The summed E-state index contributed by atoms with van der Waals surface area (Å²) in [4.78, 5) is 12.4. The van der Waals surface area contributed by atoms with E-state index >= 15 is 0 Å². The smallest absolute Gasteiger partial charge is 0.291 e. The van der Waals surface area contributed by atoms with Gasteiger partial charge in [-0.3, -0.25) is 4.79 Å². The third-order valence-electron chi connectivity index (χ3n) is 4.01. The van der Waals surface area contributed by atoms with Gasteiger partial charge >= 0.3 is 0 Å². The number of nitrogens with zero attached hydrogens (tertiary/aromatic N) is 2. The second-order valence-electron chi connectivity index (χ2n) is 5.44. The molecule has 2 aliphatic carbocycles. The Bertz CT molecular complexity index is 540. The summed E-state index contributed by atoms with van der Waals surface area (Å²) in [5, 5.41) is 7.58. The Labute approximate surface area is 121 Å². The minimum atomic E-state index is -0.00632. The molecule has 1 aromatic heterocycles. The molecule has 1 fully saturated rings. The highest BCUT2D eigenvalue weighted by molar-refractivity contribution is 9.10. The van der Waals surface area contributed by atoms with E-state index in [1.807, 2.05) is 0 Å². The minimum Gasteiger partial charge on any atom is -0.376 e. The fraction of sp³-hybridized carbons (Fsp3) is 0.571. The van der Waals surface area contributed by atoms with Gasteiger partial charge in [-0.05, 0) is 47.5 Å². The normalized spacial score (nSPS) is 19.6. The van der Waals surface area contributed by atoms with E-state index in [-0.39, 0.29) is 5.56 Å². The van der Waals surface area contributed by atoms with Crippen LogP contribution in [0, 0.1) is 5.92 Å². The van der Waals surface area contributed by atoms with Gasteiger partial charge in [0.15, 0.2) is 0 Å². The Morgan fingerprint density at radius 3 is 2.74 bits per heavy atom. The SMILES string of the molecule is O=c1c(NC2CC=CC2)c(Br)cnn1CC1CCC1. The first kappa shape index (κ1) is 12.9. The third-order valence-corrected chi connectivity index (χ3v) is 4.61. The molecule has 0 amide bonds. The monoisotopic (exact) mass is 323 g/mol. The van der Waals surface area contributed by atoms with E-state index in [1.54, 1.807) is 10.9 Å². The first-order chi connectivity index (χ1) is 9.24. The standard InChI is InChI=1S/C14H18BrN3O/c15-12-8-16-18(9-10-4-3-5-10)14(19)13(12)17-11-6-1-2-7-11/h1-2,8,10-11,17H,3-7,9H2. The highest BCUT2D eigenvalue weighted by Crippen LogP contribution is 2.27. The zero-order valence-corrected chi connectivity index (χ0v) is 12.4. The summed E-state index contributed by atoms with van der Waals surface area (Å²) in [7, 11) is 0. The summed E-state index contributed by atoms with van der Waals surface area (Å²) >= 11 is 3.43. The van der Waals surface area contributed by atoms with Crippen molar-refractivity contribution < 1.29 is 0 Å². The van der Waals surface area contributed by atoms with Gasteiger partial charge in [0.05, 0.1) is 10.7 Å². The predicted molar refractivity (Wildman–Crippen MR) is 79.3 cm³/mol. The summed E-state index contributed by atoms with van der Waals surface area (Å²) in [5.41, 5.74) is 0.649. The molecule has 2 aliphatic rings. The Balaban J connectivity index is 1.80. The number of rotatable bonds is 4. The minimum absolute atomic E-state index is 0.00632. The van der Waals surface area contributed by atoms with Gasteiger partial charge in [0.2, 0.25) is 0 Å². The number of hydrogen-bond donors (Lipinski definition) is 1. The van der Waals surface area contributed by atoms with Gasteiger partial charge in [0.1, 0.15) is 5.69 Å². The Kier molecular flexibility index (Phi) is 3.73. The average Bonchev–Trinajstić information content (AvgIpc) is 2.84. The van der Waals surface area contributed by atoms with Crippen molar-refractivity contribution in [1.29, 1.82) is 0 Å². The van der Waals surface area contributed by atoms with Crippen LogP contribution in [0.5, 0.6) is 0 Å². The van der Waals surface area contributed by atoms with E-state index < -0.39 is 0 Å². The van der Waals surface area contributed by atoms with Crippen molar-refractivity contribution in [2.24, 2.45) is 5.92 Å². The molecule has 0 aliphatic heterocycles. The van der Waals surface area contributed by atoms with Gasteiger partial charge in [0, 0.05) is 12.6 Å². The van der Waals surface area contributed by atoms with E-state index in [0.717, 1.165) is 23.9 Å². The Morgan fingerprint density at radius 2 is 2.11 bits per heavy atom. The zero-order valence-electron chi connectivity index (χ0n) is 10.8. The molecular formula is C14H18BrN3O. The van der Waals surface area contributed by atoms with E-state index in [1.165, 1.54) is 19.3 Å². The summed E-state index contributed by atoms with van der Waals surface area (Å²) in [6.45, 7) is 0.754. The zero-order chi connectivity index (χ0) is 13.2. The van der Waals surface area contributed by atoms with Gasteiger partial charge in [-0.25, -0.2) is 4.68 Å². The van der Waals surface area contributed by atoms with Crippen molar-refractivity contribution in [3.8, 4) is 0 Å². The maximum Gasteiger partial charge on any atom is 0.291 e. The molecule has 1 N–H and O–H groups in total. The molecule has 5 heteroatoms. The second-order valence-corrected chi connectivity index (χ2v) is 6.29. The van der Waals surface area contributed by atoms with E-state index in [2.05, 4.69) is 38.5 Å². The Morgan fingerprint density at radius 1 is 1.37 bits per heavy atom.